The average molecular weight is 401 g/mol. The third-order valence-corrected chi connectivity index (χ3v) is 8.38. The Kier molecular flexibility index (Phi) is 3.67. The van der Waals surface area contributed by atoms with E-state index in [0.717, 1.165) is 12.8 Å². The van der Waals surface area contributed by atoms with Crippen molar-refractivity contribution < 1.29 is 31.1 Å². The summed E-state index contributed by atoms with van der Waals surface area (Å²) >= 11 is 0. The summed E-state index contributed by atoms with van der Waals surface area (Å²) in [5.41, 5.74) is 0. The van der Waals surface area contributed by atoms with Crippen molar-refractivity contribution in [3.63, 3.8) is 0 Å². The number of hydrogen-bond acceptors (Lipinski definition) is 5. The highest BCUT2D eigenvalue weighted by molar-refractivity contribution is 7.86. The quantitative estimate of drug-likeness (QED) is 0.521. The van der Waals surface area contributed by atoms with Gasteiger partial charge in [-0.05, 0) is 49.4 Å². The van der Waals surface area contributed by atoms with Crippen LogP contribution in [0.5, 0.6) is 0 Å². The van der Waals surface area contributed by atoms with Gasteiger partial charge in [-0.25, -0.2) is 8.78 Å². The number of rotatable bonds is 5. The van der Waals surface area contributed by atoms with Gasteiger partial charge in [0.05, 0.1) is 11.8 Å². The van der Waals surface area contributed by atoms with Crippen LogP contribution in [0.4, 0.5) is 8.78 Å². The topological polar surface area (TPSA) is 80.8 Å². The van der Waals surface area contributed by atoms with Gasteiger partial charge in [-0.2, -0.15) is 8.42 Å². The van der Waals surface area contributed by atoms with E-state index in [1.54, 1.807) is 0 Å². The van der Waals surface area contributed by atoms with Gasteiger partial charge in [0.2, 0.25) is 0 Å². The molecule has 5 rings (SSSR count). The lowest BCUT2D eigenvalue weighted by Gasteiger charge is -2.30. The molecule has 4 aliphatic carbocycles. The predicted octanol–water partition coefficient (Wildman–Crippen LogP) is 2.13. The Morgan fingerprint density at radius 2 is 1.67 bits per heavy atom. The first-order valence-corrected chi connectivity index (χ1v) is 11.1. The molecular formula is C18H21F2NO5S. The molecule has 2 amide bonds. The SMILES string of the molecule is O=C1C2C3C=CC(C3)C2C(=O)N1OS(=O)(=O)CC(F)(F)C1CC2CCC1C2. The van der Waals surface area contributed by atoms with Crippen molar-refractivity contribution in [2.75, 3.05) is 5.75 Å². The molecule has 4 bridgehead atoms. The first-order chi connectivity index (χ1) is 12.7. The largest absolute Gasteiger partial charge is 0.294 e. The number of hydrogen-bond donors (Lipinski definition) is 0. The van der Waals surface area contributed by atoms with Crippen LogP contribution in [0.3, 0.4) is 0 Å². The average Bonchev–Trinajstić information content (AvgIpc) is 3.37. The van der Waals surface area contributed by atoms with Crippen molar-refractivity contribution >= 4 is 21.9 Å². The predicted molar refractivity (Wildman–Crippen MR) is 88.3 cm³/mol. The zero-order valence-electron chi connectivity index (χ0n) is 14.6. The summed E-state index contributed by atoms with van der Waals surface area (Å²) in [6, 6.07) is 0. The molecule has 1 saturated heterocycles. The summed E-state index contributed by atoms with van der Waals surface area (Å²) in [6.45, 7) is 0. The first kappa shape index (κ1) is 17.7. The fourth-order valence-electron chi connectivity index (χ4n) is 6.19. The minimum absolute atomic E-state index is 0.108. The highest BCUT2D eigenvalue weighted by Gasteiger charge is 2.61. The normalized spacial score (nSPS) is 42.6. The fourth-order valence-corrected chi connectivity index (χ4v) is 7.31. The highest BCUT2D eigenvalue weighted by Crippen LogP contribution is 2.55. The van der Waals surface area contributed by atoms with Crippen molar-refractivity contribution in [1.82, 2.24) is 5.06 Å². The lowest BCUT2D eigenvalue weighted by atomic mass is 9.85. The number of imide groups is 1. The molecule has 3 saturated carbocycles. The molecule has 4 fully saturated rings. The number of hydroxylamine groups is 2. The fraction of sp³-hybridized carbons (Fsp3) is 0.778. The van der Waals surface area contributed by atoms with E-state index in [1.165, 1.54) is 0 Å². The van der Waals surface area contributed by atoms with Gasteiger partial charge in [0.25, 0.3) is 27.9 Å². The Balaban J connectivity index is 1.30. The molecule has 5 aliphatic rings. The number of carbonyl (C=O) groups excluding carboxylic acids is 2. The second-order valence-electron chi connectivity index (χ2n) is 8.79. The molecule has 0 radical (unpaired) electrons. The lowest BCUT2D eigenvalue weighted by molar-refractivity contribution is -0.167. The molecule has 7 unspecified atom stereocenters. The lowest BCUT2D eigenvalue weighted by Crippen LogP contribution is -2.42. The minimum Gasteiger partial charge on any atom is -0.272 e. The van der Waals surface area contributed by atoms with E-state index >= 15 is 0 Å². The van der Waals surface area contributed by atoms with Crippen LogP contribution in [-0.4, -0.2) is 37.0 Å². The van der Waals surface area contributed by atoms with E-state index in [-0.39, 0.29) is 28.7 Å². The Hall–Kier alpha value is -1.35. The number of alkyl halides is 2. The molecule has 1 heterocycles. The second kappa shape index (κ2) is 5.59. The van der Waals surface area contributed by atoms with Crippen molar-refractivity contribution in [1.29, 1.82) is 0 Å². The van der Waals surface area contributed by atoms with Gasteiger partial charge >= 0.3 is 0 Å². The zero-order valence-corrected chi connectivity index (χ0v) is 15.4. The van der Waals surface area contributed by atoms with Gasteiger partial charge in [0, 0.05) is 5.92 Å². The summed E-state index contributed by atoms with van der Waals surface area (Å²) in [7, 11) is -4.77. The highest BCUT2D eigenvalue weighted by atomic mass is 32.2. The standard InChI is InChI=1S/C18H21F2NO5S/c19-18(20,13-6-9-1-2-10(13)5-9)8-27(24,25)26-21-16(22)14-11-3-4-12(7-11)15(14)17(21)23/h3-4,9-15H,1-2,5-8H2. The molecule has 6 nitrogen and oxygen atoms in total. The molecule has 27 heavy (non-hydrogen) atoms. The van der Waals surface area contributed by atoms with Crippen LogP contribution in [-0.2, 0) is 24.0 Å². The summed E-state index contributed by atoms with van der Waals surface area (Å²) < 4.78 is 58.6. The van der Waals surface area contributed by atoms with Gasteiger partial charge in [0.15, 0.2) is 0 Å². The Labute approximate surface area is 156 Å². The van der Waals surface area contributed by atoms with E-state index in [2.05, 4.69) is 4.28 Å². The smallest absolute Gasteiger partial charge is 0.272 e. The van der Waals surface area contributed by atoms with E-state index in [4.69, 9.17) is 0 Å². The molecule has 1 aliphatic heterocycles. The minimum atomic E-state index is -4.77. The van der Waals surface area contributed by atoms with Crippen LogP contribution in [0, 0.1) is 41.4 Å². The molecule has 0 N–H and O–H groups in total. The molecular weight excluding hydrogens is 380 g/mol. The first-order valence-electron chi connectivity index (χ1n) is 9.52. The summed E-state index contributed by atoms with van der Waals surface area (Å²) in [4.78, 5) is 25.0. The maximum absolute atomic E-state index is 14.7. The number of allylic oxidation sites excluding steroid dienone is 2. The maximum Gasteiger partial charge on any atom is 0.294 e. The zero-order chi connectivity index (χ0) is 19.1. The molecule has 9 heteroatoms. The Morgan fingerprint density at radius 1 is 1.04 bits per heavy atom. The number of amides is 2. The van der Waals surface area contributed by atoms with E-state index in [1.807, 2.05) is 12.2 Å². The van der Waals surface area contributed by atoms with E-state index in [0.29, 0.717) is 19.3 Å². The van der Waals surface area contributed by atoms with Crippen molar-refractivity contribution in [2.45, 2.75) is 38.0 Å². The summed E-state index contributed by atoms with van der Waals surface area (Å²) in [5, 5.41) is 0.230. The number of nitrogens with zero attached hydrogens (tertiary/aromatic N) is 1. The maximum atomic E-state index is 14.7. The van der Waals surface area contributed by atoms with Crippen LogP contribution in [0.25, 0.3) is 0 Å². The van der Waals surface area contributed by atoms with Gasteiger partial charge in [-0.3, -0.25) is 9.59 Å². The number of fused-ring (bicyclic) bond motifs is 7. The second-order valence-corrected chi connectivity index (χ2v) is 10.3. The van der Waals surface area contributed by atoms with Crippen LogP contribution >= 0.6 is 0 Å². The summed E-state index contributed by atoms with van der Waals surface area (Å²) in [6.07, 6.45) is 7.09. The Bertz CT molecular complexity index is 811. The van der Waals surface area contributed by atoms with E-state index in [9.17, 15) is 26.8 Å². The van der Waals surface area contributed by atoms with Crippen LogP contribution in [0.15, 0.2) is 12.2 Å². The van der Waals surface area contributed by atoms with Crippen molar-refractivity contribution in [2.24, 2.45) is 41.4 Å². The molecule has 148 valence electrons. The third kappa shape index (κ3) is 2.61. The van der Waals surface area contributed by atoms with Gasteiger partial charge in [-0.1, -0.05) is 18.6 Å². The number of halogens is 2. The number of carbonyl (C=O) groups is 2. The van der Waals surface area contributed by atoms with Gasteiger partial charge in [-0.15, -0.1) is 9.35 Å². The monoisotopic (exact) mass is 401 g/mol. The molecule has 0 aromatic heterocycles. The van der Waals surface area contributed by atoms with Gasteiger partial charge in [0.1, 0.15) is 5.75 Å². The van der Waals surface area contributed by atoms with Gasteiger partial charge < -0.3 is 0 Å². The third-order valence-electron chi connectivity index (χ3n) is 7.27. The van der Waals surface area contributed by atoms with Crippen LogP contribution in [0.2, 0.25) is 0 Å². The van der Waals surface area contributed by atoms with Crippen molar-refractivity contribution in [3.8, 4) is 0 Å². The molecule has 0 aromatic carbocycles. The molecule has 0 aromatic rings. The Morgan fingerprint density at radius 3 is 2.19 bits per heavy atom. The van der Waals surface area contributed by atoms with Crippen LogP contribution < -0.4 is 0 Å². The van der Waals surface area contributed by atoms with Crippen molar-refractivity contribution in [3.05, 3.63) is 12.2 Å². The van der Waals surface area contributed by atoms with Crippen LogP contribution in [0.1, 0.15) is 32.1 Å². The molecule has 0 spiro atoms. The molecule has 7 atom stereocenters. The van der Waals surface area contributed by atoms with E-state index < -0.39 is 51.4 Å². The summed E-state index contributed by atoms with van der Waals surface area (Å²) in [5.74, 6) is -8.74.